The van der Waals surface area contributed by atoms with Gasteiger partial charge < -0.3 is 9.84 Å². The third-order valence-electron chi connectivity index (χ3n) is 4.27. The molecule has 6 heteroatoms. The Morgan fingerprint density at radius 3 is 2.52 bits per heavy atom. The highest BCUT2D eigenvalue weighted by Gasteiger charge is 2.34. The van der Waals surface area contributed by atoms with Gasteiger partial charge in [0.05, 0.1) is 6.17 Å². The predicted octanol–water partition coefficient (Wildman–Crippen LogP) is 3.31. The average molecular weight is 328 g/mol. The summed E-state index contributed by atoms with van der Waals surface area (Å²) in [6.45, 7) is 8.55. The van der Waals surface area contributed by atoms with E-state index in [-0.39, 0.29) is 24.7 Å². The normalized spacial score (nSPS) is 20.8. The summed E-state index contributed by atoms with van der Waals surface area (Å²) < 4.78 is 5.48. The van der Waals surface area contributed by atoms with E-state index in [0.717, 1.165) is 32.2 Å². The first kappa shape index (κ1) is 19.7. The molecule has 23 heavy (non-hydrogen) atoms. The number of ether oxygens (including phenoxy) is 1. The summed E-state index contributed by atoms with van der Waals surface area (Å²) in [7, 11) is 1.78. The number of amides is 1. The number of carbonyl (C=O) groups excluding carboxylic acids is 1. The van der Waals surface area contributed by atoms with Crippen LogP contribution in [0.4, 0.5) is 4.79 Å². The minimum atomic E-state index is -0.766. The second-order valence-corrected chi connectivity index (χ2v) is 7.30. The molecular weight excluding hydrogens is 296 g/mol. The van der Waals surface area contributed by atoms with Crippen LogP contribution in [0.25, 0.3) is 0 Å². The molecule has 0 spiro atoms. The van der Waals surface area contributed by atoms with Crippen LogP contribution in [-0.4, -0.2) is 58.4 Å². The largest absolute Gasteiger partial charge is 0.481 e. The van der Waals surface area contributed by atoms with Crippen LogP contribution < -0.4 is 0 Å². The van der Waals surface area contributed by atoms with Gasteiger partial charge in [-0.2, -0.15) is 0 Å². The third kappa shape index (κ3) is 6.37. The molecule has 0 aromatic heterocycles. The molecule has 1 N–H and O–H groups in total. The Hall–Kier alpha value is -1.30. The van der Waals surface area contributed by atoms with Crippen molar-refractivity contribution in [3.63, 3.8) is 0 Å². The fraction of sp³-hybridized carbons (Fsp3) is 0.882. The smallest absolute Gasteiger partial charge is 0.411 e. The van der Waals surface area contributed by atoms with E-state index in [1.807, 2.05) is 20.8 Å². The van der Waals surface area contributed by atoms with Gasteiger partial charge in [0.2, 0.25) is 0 Å². The molecule has 0 aliphatic carbocycles. The Bertz CT molecular complexity index is 406. The quantitative estimate of drug-likeness (QED) is 0.810. The minimum absolute atomic E-state index is 0.0163. The Labute approximate surface area is 139 Å². The first-order chi connectivity index (χ1) is 10.7. The number of carbonyl (C=O) groups is 2. The maximum Gasteiger partial charge on any atom is 0.411 e. The van der Waals surface area contributed by atoms with E-state index in [9.17, 15) is 9.59 Å². The second-order valence-electron chi connectivity index (χ2n) is 7.30. The Morgan fingerprint density at radius 2 is 2.00 bits per heavy atom. The molecule has 6 nitrogen and oxygen atoms in total. The summed E-state index contributed by atoms with van der Waals surface area (Å²) in [5.41, 5.74) is -0.516. The first-order valence-corrected chi connectivity index (χ1v) is 8.59. The van der Waals surface area contributed by atoms with Crippen molar-refractivity contribution in [2.45, 2.75) is 84.0 Å². The molecule has 0 aromatic carbocycles. The highest BCUT2D eigenvalue weighted by atomic mass is 16.6. The maximum atomic E-state index is 12.4. The number of nitrogens with zero attached hydrogens (tertiary/aromatic N) is 2. The number of carboxylic acids is 1. The number of piperidine rings is 1. The van der Waals surface area contributed by atoms with E-state index < -0.39 is 11.6 Å². The van der Waals surface area contributed by atoms with Crippen LogP contribution in [-0.2, 0) is 9.53 Å². The lowest BCUT2D eigenvalue weighted by Gasteiger charge is -2.45. The van der Waals surface area contributed by atoms with Gasteiger partial charge in [0.25, 0.3) is 0 Å². The van der Waals surface area contributed by atoms with Crippen LogP contribution in [0.2, 0.25) is 0 Å². The maximum absolute atomic E-state index is 12.4. The summed E-state index contributed by atoms with van der Waals surface area (Å²) in [4.78, 5) is 27.2. The van der Waals surface area contributed by atoms with Crippen molar-refractivity contribution in [3.8, 4) is 0 Å². The lowest BCUT2D eigenvalue weighted by molar-refractivity contribution is -0.137. The van der Waals surface area contributed by atoms with Crippen molar-refractivity contribution < 1.29 is 19.4 Å². The number of carboxylic acid groups (broad SMARTS) is 1. The number of hydrogen-bond acceptors (Lipinski definition) is 4. The van der Waals surface area contributed by atoms with Crippen LogP contribution in [0.5, 0.6) is 0 Å². The first-order valence-electron chi connectivity index (χ1n) is 8.59. The van der Waals surface area contributed by atoms with E-state index in [0.29, 0.717) is 6.42 Å². The molecule has 1 rings (SSSR count). The molecule has 1 fully saturated rings. The monoisotopic (exact) mass is 328 g/mol. The summed E-state index contributed by atoms with van der Waals surface area (Å²) in [5.74, 6) is -0.766. The summed E-state index contributed by atoms with van der Waals surface area (Å²) >= 11 is 0. The van der Waals surface area contributed by atoms with Crippen LogP contribution in [0.15, 0.2) is 0 Å². The summed E-state index contributed by atoms with van der Waals surface area (Å²) in [5, 5.41) is 8.94. The molecule has 0 bridgehead atoms. The molecule has 0 aromatic rings. The van der Waals surface area contributed by atoms with Crippen molar-refractivity contribution in [2.75, 3.05) is 13.6 Å². The molecule has 0 radical (unpaired) electrons. The number of likely N-dealkylation sites (tertiary alicyclic amines) is 1. The standard InChI is InChI=1S/C17H32N2O4/c1-6-13(10-11-15(20)21)19-12-8-7-9-14(19)18(5)16(22)23-17(2,3)4/h13-14H,6-12H2,1-5H3,(H,20,21). The van der Waals surface area contributed by atoms with Crippen LogP contribution in [0, 0.1) is 0 Å². The fourth-order valence-corrected chi connectivity index (χ4v) is 3.13. The van der Waals surface area contributed by atoms with Crippen molar-refractivity contribution in [3.05, 3.63) is 0 Å². The molecular formula is C17H32N2O4. The zero-order valence-electron chi connectivity index (χ0n) is 15.2. The Morgan fingerprint density at radius 1 is 1.35 bits per heavy atom. The van der Waals surface area contributed by atoms with Gasteiger partial charge >= 0.3 is 12.1 Å². The zero-order chi connectivity index (χ0) is 17.6. The summed E-state index contributed by atoms with van der Waals surface area (Å²) in [6.07, 6.45) is 4.39. The van der Waals surface area contributed by atoms with Gasteiger partial charge in [-0.3, -0.25) is 14.6 Å². The minimum Gasteiger partial charge on any atom is -0.481 e. The lowest BCUT2D eigenvalue weighted by Crippen LogP contribution is -2.55. The molecule has 1 heterocycles. The van der Waals surface area contributed by atoms with Gasteiger partial charge in [-0.05, 0) is 52.9 Å². The SMILES string of the molecule is CCC(CCC(=O)O)N1CCCCC1N(C)C(=O)OC(C)(C)C. The van der Waals surface area contributed by atoms with E-state index in [1.165, 1.54) is 0 Å². The van der Waals surface area contributed by atoms with Gasteiger partial charge in [-0.15, -0.1) is 0 Å². The molecule has 1 aliphatic heterocycles. The fourth-order valence-electron chi connectivity index (χ4n) is 3.13. The third-order valence-corrected chi connectivity index (χ3v) is 4.27. The van der Waals surface area contributed by atoms with Crippen molar-refractivity contribution in [1.82, 2.24) is 9.80 Å². The number of rotatable bonds is 6. The second kappa shape index (κ2) is 8.52. The molecule has 134 valence electrons. The molecule has 2 atom stereocenters. The molecule has 1 aliphatic rings. The Balaban J connectivity index is 2.79. The van der Waals surface area contributed by atoms with Crippen LogP contribution in [0.3, 0.4) is 0 Å². The molecule has 1 amide bonds. The molecule has 1 saturated heterocycles. The van der Waals surface area contributed by atoms with Crippen molar-refractivity contribution in [2.24, 2.45) is 0 Å². The average Bonchev–Trinajstić information content (AvgIpc) is 2.45. The Kier molecular flexibility index (Phi) is 7.32. The highest BCUT2D eigenvalue weighted by molar-refractivity contribution is 5.68. The van der Waals surface area contributed by atoms with E-state index in [1.54, 1.807) is 11.9 Å². The topological polar surface area (TPSA) is 70.1 Å². The summed E-state index contributed by atoms with van der Waals surface area (Å²) in [6, 6.07) is 0.182. The number of aliphatic carboxylic acids is 1. The van der Waals surface area contributed by atoms with Gasteiger partial charge in [0.15, 0.2) is 0 Å². The van der Waals surface area contributed by atoms with Crippen LogP contribution >= 0.6 is 0 Å². The van der Waals surface area contributed by atoms with E-state index >= 15 is 0 Å². The lowest BCUT2D eigenvalue weighted by atomic mass is 10.00. The zero-order valence-corrected chi connectivity index (χ0v) is 15.2. The predicted molar refractivity (Wildman–Crippen MR) is 89.3 cm³/mol. The van der Waals surface area contributed by atoms with Crippen molar-refractivity contribution in [1.29, 1.82) is 0 Å². The van der Waals surface area contributed by atoms with E-state index in [4.69, 9.17) is 9.84 Å². The van der Waals surface area contributed by atoms with E-state index in [2.05, 4.69) is 11.8 Å². The molecule has 0 saturated carbocycles. The van der Waals surface area contributed by atoms with Gasteiger partial charge in [0, 0.05) is 26.1 Å². The number of hydrogen-bond donors (Lipinski definition) is 1. The van der Waals surface area contributed by atoms with Crippen LogP contribution in [0.1, 0.15) is 66.2 Å². The highest BCUT2D eigenvalue weighted by Crippen LogP contribution is 2.26. The van der Waals surface area contributed by atoms with Gasteiger partial charge in [0.1, 0.15) is 5.60 Å². The van der Waals surface area contributed by atoms with Crippen molar-refractivity contribution >= 4 is 12.1 Å². The van der Waals surface area contributed by atoms with Gasteiger partial charge in [-0.25, -0.2) is 4.79 Å². The molecule has 2 unspecified atom stereocenters. The van der Waals surface area contributed by atoms with Gasteiger partial charge in [-0.1, -0.05) is 6.92 Å².